The third-order valence-electron chi connectivity index (χ3n) is 4.68. The number of hydrogen-bond donors (Lipinski definition) is 2. The summed E-state index contributed by atoms with van der Waals surface area (Å²) in [6.07, 6.45) is 5.65. The van der Waals surface area contributed by atoms with Gasteiger partial charge in [-0.1, -0.05) is 18.2 Å². The molecule has 1 fully saturated rings. The summed E-state index contributed by atoms with van der Waals surface area (Å²) in [6.45, 7) is 0. The van der Waals surface area contributed by atoms with Gasteiger partial charge in [-0.2, -0.15) is 0 Å². The van der Waals surface area contributed by atoms with E-state index in [1.54, 1.807) is 0 Å². The van der Waals surface area contributed by atoms with Crippen LogP contribution in [-0.4, -0.2) is 45.9 Å². The molecule has 0 aliphatic carbocycles. The molecule has 2 heterocycles. The molecule has 132 valence electrons. The normalized spacial score (nSPS) is 27.2. The largest absolute Gasteiger partial charge is 0.480 e. The standard InChI is InChI=1S/C18H19FN2O4/c19-12-5-3-4-11(10-12)16(22)20-14-7-2-1-6-13-8-9-15(18(24)25)21(13)17(14)23/h1-5,10,13-15H,6-9H2,(H,20,22)(H,24,25)/b2-1-/t13-,14+,15+/m1/s1. The third kappa shape index (κ3) is 3.55. The number of halogens is 1. The Morgan fingerprint density at radius 2 is 1.96 bits per heavy atom. The zero-order valence-electron chi connectivity index (χ0n) is 13.5. The summed E-state index contributed by atoms with van der Waals surface area (Å²) in [6, 6.07) is 3.30. The Morgan fingerprint density at radius 1 is 1.20 bits per heavy atom. The van der Waals surface area contributed by atoms with Crippen molar-refractivity contribution in [2.75, 3.05) is 0 Å². The van der Waals surface area contributed by atoms with Crippen LogP contribution in [0.5, 0.6) is 0 Å². The van der Waals surface area contributed by atoms with Crippen molar-refractivity contribution >= 4 is 17.8 Å². The van der Waals surface area contributed by atoms with Crippen molar-refractivity contribution in [3.63, 3.8) is 0 Å². The molecular weight excluding hydrogens is 327 g/mol. The van der Waals surface area contributed by atoms with Crippen molar-refractivity contribution in [2.45, 2.75) is 43.8 Å². The minimum Gasteiger partial charge on any atom is -0.480 e. The number of carbonyl (C=O) groups is 3. The fraction of sp³-hybridized carbons (Fsp3) is 0.389. The molecule has 2 N–H and O–H groups in total. The molecule has 7 heteroatoms. The average molecular weight is 346 g/mol. The first-order valence-electron chi connectivity index (χ1n) is 8.24. The first kappa shape index (κ1) is 17.1. The Bertz CT molecular complexity index is 734. The van der Waals surface area contributed by atoms with Gasteiger partial charge in [0.1, 0.15) is 17.9 Å². The minimum atomic E-state index is -1.03. The van der Waals surface area contributed by atoms with Crippen LogP contribution in [0.15, 0.2) is 36.4 Å². The maximum absolute atomic E-state index is 13.3. The van der Waals surface area contributed by atoms with E-state index in [2.05, 4.69) is 5.32 Å². The van der Waals surface area contributed by atoms with E-state index in [1.807, 2.05) is 12.2 Å². The molecule has 0 unspecified atom stereocenters. The topological polar surface area (TPSA) is 86.7 Å². The second-order valence-electron chi connectivity index (χ2n) is 6.31. The van der Waals surface area contributed by atoms with Gasteiger partial charge in [-0.3, -0.25) is 9.59 Å². The highest BCUT2D eigenvalue weighted by Gasteiger charge is 2.43. The van der Waals surface area contributed by atoms with Crippen molar-refractivity contribution in [3.8, 4) is 0 Å². The van der Waals surface area contributed by atoms with E-state index in [-0.39, 0.29) is 18.0 Å². The van der Waals surface area contributed by atoms with Gasteiger partial charge in [-0.15, -0.1) is 0 Å². The summed E-state index contributed by atoms with van der Waals surface area (Å²) in [7, 11) is 0. The highest BCUT2D eigenvalue weighted by Crippen LogP contribution is 2.29. The van der Waals surface area contributed by atoms with Crippen LogP contribution in [0.25, 0.3) is 0 Å². The first-order chi connectivity index (χ1) is 12.0. The lowest BCUT2D eigenvalue weighted by atomic mass is 10.0. The molecule has 1 aromatic rings. The monoisotopic (exact) mass is 346 g/mol. The second kappa shape index (κ2) is 7.04. The number of nitrogens with one attached hydrogen (secondary N) is 1. The van der Waals surface area contributed by atoms with Crippen molar-refractivity contribution in [3.05, 3.63) is 47.8 Å². The van der Waals surface area contributed by atoms with Gasteiger partial charge in [0, 0.05) is 11.6 Å². The summed E-state index contributed by atoms with van der Waals surface area (Å²) in [5, 5.41) is 12.0. The molecule has 1 aromatic carbocycles. The summed E-state index contributed by atoms with van der Waals surface area (Å²) in [5.41, 5.74) is 0.117. The summed E-state index contributed by atoms with van der Waals surface area (Å²) in [5.74, 6) is -2.53. The Kier molecular flexibility index (Phi) is 4.83. The van der Waals surface area contributed by atoms with Crippen LogP contribution in [0.3, 0.4) is 0 Å². The molecule has 1 saturated heterocycles. The molecule has 0 aromatic heterocycles. The van der Waals surface area contributed by atoms with Crippen LogP contribution in [0.4, 0.5) is 4.39 Å². The van der Waals surface area contributed by atoms with Gasteiger partial charge in [-0.05, 0) is 43.9 Å². The van der Waals surface area contributed by atoms with Gasteiger partial charge in [0.25, 0.3) is 5.91 Å². The lowest BCUT2D eigenvalue weighted by molar-refractivity contribution is -0.150. The van der Waals surface area contributed by atoms with E-state index in [9.17, 15) is 23.9 Å². The fourth-order valence-electron chi connectivity index (χ4n) is 3.45. The van der Waals surface area contributed by atoms with Gasteiger partial charge in [0.2, 0.25) is 5.91 Å². The van der Waals surface area contributed by atoms with E-state index < -0.39 is 35.7 Å². The molecule has 25 heavy (non-hydrogen) atoms. The molecule has 2 aliphatic rings. The quantitative estimate of drug-likeness (QED) is 0.816. The Morgan fingerprint density at radius 3 is 2.68 bits per heavy atom. The molecule has 3 rings (SSSR count). The number of aliphatic carboxylic acids is 1. The SMILES string of the molecule is O=C(N[C@H]1C/C=C\C[C@@H]2CC[C@@H](C(=O)O)N2C1=O)c1cccc(F)c1. The number of fused-ring (bicyclic) bond motifs is 1. The number of nitrogens with zero attached hydrogens (tertiary/aromatic N) is 1. The van der Waals surface area contributed by atoms with Gasteiger partial charge < -0.3 is 15.3 Å². The lowest BCUT2D eigenvalue weighted by Crippen LogP contribution is -2.54. The molecule has 0 bridgehead atoms. The molecule has 0 saturated carbocycles. The van der Waals surface area contributed by atoms with Crippen LogP contribution < -0.4 is 5.32 Å². The van der Waals surface area contributed by atoms with Gasteiger partial charge >= 0.3 is 5.97 Å². The fourth-order valence-corrected chi connectivity index (χ4v) is 3.45. The maximum Gasteiger partial charge on any atom is 0.326 e. The molecule has 2 aliphatic heterocycles. The minimum absolute atomic E-state index is 0.117. The Hall–Kier alpha value is -2.70. The number of rotatable bonds is 3. The Labute approximate surface area is 144 Å². The number of carboxylic acid groups (broad SMARTS) is 1. The number of benzene rings is 1. The van der Waals surface area contributed by atoms with E-state index >= 15 is 0 Å². The number of carboxylic acids is 1. The molecule has 2 amide bonds. The molecule has 0 radical (unpaired) electrons. The highest BCUT2D eigenvalue weighted by atomic mass is 19.1. The molecule has 3 atom stereocenters. The van der Waals surface area contributed by atoms with E-state index in [4.69, 9.17) is 0 Å². The lowest BCUT2D eigenvalue weighted by Gasteiger charge is -2.32. The van der Waals surface area contributed by atoms with Gasteiger partial charge in [0.05, 0.1) is 0 Å². The predicted octanol–water partition coefficient (Wildman–Crippen LogP) is 1.72. The van der Waals surface area contributed by atoms with Crippen molar-refractivity contribution in [1.82, 2.24) is 10.2 Å². The van der Waals surface area contributed by atoms with Crippen LogP contribution in [0.1, 0.15) is 36.0 Å². The number of amides is 2. The van der Waals surface area contributed by atoms with Crippen LogP contribution >= 0.6 is 0 Å². The predicted molar refractivity (Wildman–Crippen MR) is 87.3 cm³/mol. The van der Waals surface area contributed by atoms with E-state index in [0.717, 1.165) is 6.07 Å². The van der Waals surface area contributed by atoms with Crippen LogP contribution in [-0.2, 0) is 9.59 Å². The summed E-state index contributed by atoms with van der Waals surface area (Å²) >= 11 is 0. The average Bonchev–Trinajstić information content (AvgIpc) is 2.99. The van der Waals surface area contributed by atoms with Crippen LogP contribution in [0, 0.1) is 5.82 Å². The summed E-state index contributed by atoms with van der Waals surface area (Å²) in [4.78, 5) is 38.0. The third-order valence-corrected chi connectivity index (χ3v) is 4.68. The van der Waals surface area contributed by atoms with Crippen LogP contribution in [0.2, 0.25) is 0 Å². The van der Waals surface area contributed by atoms with Crippen molar-refractivity contribution < 1.29 is 23.9 Å². The summed E-state index contributed by atoms with van der Waals surface area (Å²) < 4.78 is 13.3. The zero-order chi connectivity index (χ0) is 18.0. The Balaban J connectivity index is 1.81. The molecule has 6 nitrogen and oxygen atoms in total. The first-order valence-corrected chi connectivity index (χ1v) is 8.24. The maximum atomic E-state index is 13.3. The highest BCUT2D eigenvalue weighted by molar-refractivity contribution is 5.98. The second-order valence-corrected chi connectivity index (χ2v) is 6.31. The zero-order valence-corrected chi connectivity index (χ0v) is 13.5. The smallest absolute Gasteiger partial charge is 0.326 e. The van der Waals surface area contributed by atoms with Gasteiger partial charge in [-0.25, -0.2) is 9.18 Å². The molecule has 0 spiro atoms. The molecular formula is C18H19FN2O4. The van der Waals surface area contributed by atoms with Crippen molar-refractivity contribution in [2.24, 2.45) is 0 Å². The number of hydrogen-bond acceptors (Lipinski definition) is 3. The number of carbonyl (C=O) groups excluding carboxylic acids is 2. The van der Waals surface area contributed by atoms with Gasteiger partial charge in [0.15, 0.2) is 0 Å². The van der Waals surface area contributed by atoms with E-state index in [0.29, 0.717) is 19.3 Å². The van der Waals surface area contributed by atoms with E-state index in [1.165, 1.54) is 23.1 Å². The van der Waals surface area contributed by atoms with Crippen molar-refractivity contribution in [1.29, 1.82) is 0 Å².